The lowest BCUT2D eigenvalue weighted by molar-refractivity contribution is -0.125. The van der Waals surface area contributed by atoms with Gasteiger partial charge in [-0.3, -0.25) is 19.0 Å². The Morgan fingerprint density at radius 1 is 1.06 bits per heavy atom. The first-order valence-corrected chi connectivity index (χ1v) is 13.2. The molecule has 10 heteroatoms. The monoisotopic (exact) mass is 492 g/mol. The lowest BCUT2D eigenvalue weighted by Crippen LogP contribution is -2.41. The smallest absolute Gasteiger partial charge is 0.273 e. The van der Waals surface area contributed by atoms with Crippen molar-refractivity contribution in [2.45, 2.75) is 57.2 Å². The van der Waals surface area contributed by atoms with E-state index in [1.807, 2.05) is 18.2 Å². The summed E-state index contributed by atoms with van der Waals surface area (Å²) in [6, 6.07) is 8.51. The van der Waals surface area contributed by atoms with Gasteiger partial charge in [0.1, 0.15) is 17.6 Å². The van der Waals surface area contributed by atoms with Gasteiger partial charge in [0, 0.05) is 25.0 Å². The molecule has 2 aliphatic carbocycles. The zero-order valence-electron chi connectivity index (χ0n) is 19.4. The third-order valence-corrected chi connectivity index (χ3v) is 8.31. The van der Waals surface area contributed by atoms with E-state index >= 15 is 0 Å². The number of hydrogen-bond donors (Lipinski definition) is 2. The van der Waals surface area contributed by atoms with Crippen LogP contribution < -0.4 is 21.1 Å². The van der Waals surface area contributed by atoms with Crippen LogP contribution in [0.25, 0.3) is 10.3 Å². The van der Waals surface area contributed by atoms with Crippen LogP contribution in [0, 0.1) is 5.92 Å². The van der Waals surface area contributed by atoms with Crippen molar-refractivity contribution in [1.82, 2.24) is 25.2 Å². The van der Waals surface area contributed by atoms with Crippen LogP contribution in [0.1, 0.15) is 49.3 Å². The number of piperidine rings is 1. The number of thiazole rings is 1. The molecule has 1 saturated carbocycles. The van der Waals surface area contributed by atoms with E-state index in [0.717, 1.165) is 62.3 Å². The van der Waals surface area contributed by atoms with Crippen molar-refractivity contribution in [3.63, 3.8) is 0 Å². The number of fused-ring (bicyclic) bond motifs is 2. The number of hydrogen-bond acceptors (Lipinski definition) is 7. The summed E-state index contributed by atoms with van der Waals surface area (Å²) in [7, 11) is 0. The molecule has 2 amide bonds. The molecule has 182 valence electrons. The maximum absolute atomic E-state index is 13.1. The van der Waals surface area contributed by atoms with E-state index in [4.69, 9.17) is 0 Å². The van der Waals surface area contributed by atoms with Crippen LogP contribution >= 0.6 is 11.3 Å². The van der Waals surface area contributed by atoms with Crippen molar-refractivity contribution in [1.29, 1.82) is 0 Å². The van der Waals surface area contributed by atoms with Gasteiger partial charge in [0.25, 0.3) is 5.56 Å². The molecule has 0 unspecified atom stereocenters. The van der Waals surface area contributed by atoms with E-state index in [1.165, 1.54) is 27.8 Å². The lowest BCUT2D eigenvalue weighted by atomic mass is 9.96. The molecule has 0 bridgehead atoms. The predicted molar refractivity (Wildman–Crippen MR) is 133 cm³/mol. The summed E-state index contributed by atoms with van der Waals surface area (Å²) >= 11 is 1.31. The van der Waals surface area contributed by atoms with Crippen LogP contribution in [-0.4, -0.2) is 45.5 Å². The fraction of sp³-hybridized carbons (Fsp3) is 0.480. The van der Waals surface area contributed by atoms with Gasteiger partial charge < -0.3 is 15.5 Å². The highest BCUT2D eigenvalue weighted by molar-refractivity contribution is 7.22. The Bertz CT molecular complexity index is 1340. The van der Waals surface area contributed by atoms with Crippen molar-refractivity contribution in [3.8, 4) is 0 Å². The highest BCUT2D eigenvalue weighted by Gasteiger charge is 2.31. The Kier molecular flexibility index (Phi) is 5.75. The van der Waals surface area contributed by atoms with Gasteiger partial charge in [-0.05, 0) is 49.7 Å². The summed E-state index contributed by atoms with van der Waals surface area (Å²) in [4.78, 5) is 49.2. The second kappa shape index (κ2) is 9.07. The van der Waals surface area contributed by atoms with E-state index in [-0.39, 0.29) is 35.9 Å². The van der Waals surface area contributed by atoms with Gasteiger partial charge in [-0.15, -0.1) is 0 Å². The Balaban J connectivity index is 1.11. The molecule has 35 heavy (non-hydrogen) atoms. The fourth-order valence-electron chi connectivity index (χ4n) is 5.06. The molecule has 2 aromatic heterocycles. The van der Waals surface area contributed by atoms with E-state index in [0.29, 0.717) is 16.4 Å². The summed E-state index contributed by atoms with van der Waals surface area (Å²) in [5.41, 5.74) is 2.58. The van der Waals surface area contributed by atoms with E-state index < -0.39 is 0 Å². The molecule has 6 rings (SSSR count). The number of carbonyl (C=O) groups excluding carboxylic acids is 2. The minimum absolute atomic E-state index is 0.0182. The summed E-state index contributed by atoms with van der Waals surface area (Å²) in [5, 5.41) is 6.91. The number of aryl methyl sites for hydroxylation is 1. The first-order chi connectivity index (χ1) is 17.0. The summed E-state index contributed by atoms with van der Waals surface area (Å²) in [5.74, 6) is 0.00790. The molecule has 1 aromatic carbocycles. The third-order valence-electron chi connectivity index (χ3n) is 7.21. The number of nitrogens with zero attached hydrogens (tertiary/aromatic N) is 4. The quantitative estimate of drug-likeness (QED) is 0.546. The van der Waals surface area contributed by atoms with E-state index in [9.17, 15) is 14.4 Å². The molecule has 3 aliphatic rings. The Morgan fingerprint density at radius 2 is 1.86 bits per heavy atom. The van der Waals surface area contributed by atoms with Crippen LogP contribution in [0.15, 0.2) is 35.4 Å². The number of carbonyl (C=O) groups is 2. The van der Waals surface area contributed by atoms with Gasteiger partial charge in [0.2, 0.25) is 11.8 Å². The first-order valence-electron chi connectivity index (χ1n) is 12.3. The molecular formula is C25H28N6O3S. The minimum atomic E-state index is -0.251. The Morgan fingerprint density at radius 3 is 2.66 bits per heavy atom. The van der Waals surface area contributed by atoms with Crippen LogP contribution in [-0.2, 0) is 22.6 Å². The average Bonchev–Trinajstić information content (AvgIpc) is 3.43. The maximum atomic E-state index is 13.1. The van der Waals surface area contributed by atoms with Crippen molar-refractivity contribution >= 4 is 38.6 Å². The molecule has 9 nitrogen and oxygen atoms in total. The number of benzene rings is 1. The van der Waals surface area contributed by atoms with Crippen LogP contribution in [0.3, 0.4) is 0 Å². The van der Waals surface area contributed by atoms with Crippen LogP contribution in [0.2, 0.25) is 0 Å². The number of anilines is 1. The normalized spacial score (nSPS) is 20.1. The van der Waals surface area contributed by atoms with Crippen molar-refractivity contribution in [2.75, 3.05) is 18.0 Å². The second-order valence-electron chi connectivity index (χ2n) is 9.73. The van der Waals surface area contributed by atoms with Crippen molar-refractivity contribution in [2.24, 2.45) is 5.92 Å². The van der Waals surface area contributed by atoms with Gasteiger partial charge in [0.15, 0.2) is 10.8 Å². The van der Waals surface area contributed by atoms with Gasteiger partial charge in [-0.25, -0.2) is 4.98 Å². The zero-order chi connectivity index (χ0) is 23.9. The van der Waals surface area contributed by atoms with Crippen LogP contribution in [0.5, 0.6) is 0 Å². The molecule has 1 aliphatic heterocycles. The average molecular weight is 493 g/mol. The summed E-state index contributed by atoms with van der Waals surface area (Å²) in [6.45, 7) is 1.37. The summed E-state index contributed by atoms with van der Waals surface area (Å²) < 4.78 is 1.81. The number of aromatic nitrogens is 3. The Labute approximate surface area is 206 Å². The maximum Gasteiger partial charge on any atom is 0.273 e. The summed E-state index contributed by atoms with van der Waals surface area (Å²) in [6.07, 6.45) is 6.96. The zero-order valence-corrected chi connectivity index (χ0v) is 20.2. The second-order valence-corrected chi connectivity index (χ2v) is 10.7. The topological polar surface area (TPSA) is 109 Å². The number of amides is 2. The molecule has 2 fully saturated rings. The highest BCUT2D eigenvalue weighted by Crippen LogP contribution is 2.31. The van der Waals surface area contributed by atoms with E-state index in [1.54, 1.807) is 0 Å². The van der Waals surface area contributed by atoms with Crippen molar-refractivity contribution < 1.29 is 9.59 Å². The SMILES string of the molecule is O=C(Cn1cnc2nc(N3CCC(C(=O)NC4CC4)CC3)sc2c1=O)N[C@@H]1CCc2ccccc21. The molecule has 0 spiro atoms. The molecule has 1 atom stereocenters. The standard InChI is InChI=1S/C25H28N6O3S/c32-20(28-19-8-5-15-3-1-2-4-18(15)19)13-31-14-26-22-21(24(31)34)35-25(29-22)30-11-9-16(10-12-30)23(33)27-17-6-7-17/h1-4,14,16-17,19H,5-13H2,(H,27,33)(H,28,32)/t19-/m1/s1. The third kappa shape index (κ3) is 4.54. The molecule has 1 saturated heterocycles. The van der Waals surface area contributed by atoms with Gasteiger partial charge in [0.05, 0.1) is 6.04 Å². The molecule has 3 heterocycles. The van der Waals surface area contributed by atoms with Gasteiger partial charge in [-0.2, -0.15) is 4.98 Å². The molecule has 2 N–H and O–H groups in total. The Hall–Kier alpha value is -3.27. The van der Waals surface area contributed by atoms with Gasteiger partial charge >= 0.3 is 0 Å². The number of rotatable bonds is 6. The fourth-order valence-corrected chi connectivity index (χ4v) is 6.09. The highest BCUT2D eigenvalue weighted by atomic mass is 32.1. The largest absolute Gasteiger partial charge is 0.353 e. The number of nitrogens with one attached hydrogen (secondary N) is 2. The van der Waals surface area contributed by atoms with Crippen LogP contribution in [0.4, 0.5) is 5.13 Å². The lowest BCUT2D eigenvalue weighted by Gasteiger charge is -2.30. The van der Waals surface area contributed by atoms with Crippen molar-refractivity contribution in [3.05, 3.63) is 52.1 Å². The van der Waals surface area contributed by atoms with Gasteiger partial charge in [-0.1, -0.05) is 35.6 Å². The van der Waals surface area contributed by atoms with E-state index in [2.05, 4.69) is 31.6 Å². The molecule has 0 radical (unpaired) electrons. The molecule has 3 aromatic rings. The first kappa shape index (κ1) is 22.2. The predicted octanol–water partition coefficient (Wildman–Crippen LogP) is 2.15. The minimum Gasteiger partial charge on any atom is -0.353 e. The molecular weight excluding hydrogens is 464 g/mol.